The minimum atomic E-state index is -0.138. The lowest BCUT2D eigenvalue weighted by atomic mass is 9.89. The molecule has 0 aromatic carbocycles. The predicted molar refractivity (Wildman–Crippen MR) is 94.3 cm³/mol. The maximum atomic E-state index is 11.7. The lowest BCUT2D eigenvalue weighted by molar-refractivity contribution is -0.149. The van der Waals surface area contributed by atoms with Crippen molar-refractivity contribution >= 4 is 5.91 Å². The molecule has 0 bridgehead atoms. The normalized spacial score (nSPS) is 27.1. The second-order valence-corrected chi connectivity index (χ2v) is 7.53. The summed E-state index contributed by atoms with van der Waals surface area (Å²) in [4.78, 5) is 15.7. The third kappa shape index (κ3) is 4.43. The van der Waals surface area contributed by atoms with Crippen molar-refractivity contribution in [1.29, 1.82) is 0 Å². The monoisotopic (exact) mass is 350 g/mol. The molecule has 2 fully saturated rings. The summed E-state index contributed by atoms with van der Waals surface area (Å²) in [5, 5.41) is 0. The van der Waals surface area contributed by atoms with E-state index in [0.29, 0.717) is 12.5 Å². The summed E-state index contributed by atoms with van der Waals surface area (Å²) in [6, 6.07) is 4.07. The Kier molecular flexibility index (Phi) is 5.81. The molecule has 1 aromatic heterocycles. The zero-order valence-electron chi connectivity index (χ0n) is 15.6. The molecular formula is C19H30N2O4. The fourth-order valence-electron chi connectivity index (χ4n) is 3.97. The number of carbonyl (C=O) groups excluding carboxylic acids is 1. The van der Waals surface area contributed by atoms with Crippen molar-refractivity contribution in [2.75, 3.05) is 47.0 Å². The number of rotatable bonds is 6. The third-order valence-electron chi connectivity index (χ3n) is 5.40. The molecule has 1 amide bonds. The van der Waals surface area contributed by atoms with E-state index in [2.05, 4.69) is 11.0 Å². The fraction of sp³-hybridized carbons (Fsp3) is 0.737. The summed E-state index contributed by atoms with van der Waals surface area (Å²) in [6.45, 7) is 6.11. The van der Waals surface area contributed by atoms with E-state index in [1.165, 1.54) is 0 Å². The molecule has 1 saturated heterocycles. The average Bonchev–Trinajstić information content (AvgIpc) is 3.14. The van der Waals surface area contributed by atoms with Gasteiger partial charge in [0.1, 0.15) is 18.1 Å². The lowest BCUT2D eigenvalue weighted by Crippen LogP contribution is -2.54. The number of nitrogens with zero attached hydrogens (tertiary/aromatic N) is 2. The minimum Gasteiger partial charge on any atom is -0.465 e. The Hall–Kier alpha value is -1.37. The lowest BCUT2D eigenvalue weighted by Gasteiger charge is -2.43. The van der Waals surface area contributed by atoms with Crippen molar-refractivity contribution < 1.29 is 18.7 Å². The summed E-state index contributed by atoms with van der Waals surface area (Å²) in [5.74, 6) is 2.32. The molecule has 2 atom stereocenters. The van der Waals surface area contributed by atoms with Crippen molar-refractivity contribution in [2.45, 2.75) is 38.3 Å². The molecule has 1 spiro atoms. The number of likely N-dealkylation sites (N-methyl/N-ethyl adjacent to an activating group) is 1. The highest BCUT2D eigenvalue weighted by Crippen LogP contribution is 2.41. The van der Waals surface area contributed by atoms with Crippen molar-refractivity contribution in [2.24, 2.45) is 5.92 Å². The summed E-state index contributed by atoms with van der Waals surface area (Å²) in [6.07, 6.45) is 3.32. The number of carbonyl (C=O) groups is 1. The van der Waals surface area contributed by atoms with Crippen LogP contribution in [-0.2, 0) is 20.8 Å². The van der Waals surface area contributed by atoms with Gasteiger partial charge in [0.15, 0.2) is 0 Å². The van der Waals surface area contributed by atoms with Crippen molar-refractivity contribution in [3.63, 3.8) is 0 Å². The zero-order valence-corrected chi connectivity index (χ0v) is 15.6. The molecule has 0 radical (unpaired) electrons. The van der Waals surface area contributed by atoms with E-state index < -0.39 is 0 Å². The third-order valence-corrected chi connectivity index (χ3v) is 5.40. The molecule has 140 valence electrons. The molecule has 3 rings (SSSR count). The number of ether oxygens (including phenoxy) is 2. The van der Waals surface area contributed by atoms with Gasteiger partial charge in [-0.15, -0.1) is 0 Å². The van der Waals surface area contributed by atoms with Gasteiger partial charge in [-0.25, -0.2) is 0 Å². The van der Waals surface area contributed by atoms with Gasteiger partial charge < -0.3 is 18.8 Å². The zero-order chi connectivity index (χ0) is 17.9. The van der Waals surface area contributed by atoms with E-state index >= 15 is 0 Å². The first kappa shape index (κ1) is 18.4. The van der Waals surface area contributed by atoms with Crippen LogP contribution in [0.5, 0.6) is 0 Å². The second kappa shape index (κ2) is 7.89. The van der Waals surface area contributed by atoms with Gasteiger partial charge in [0.2, 0.25) is 5.91 Å². The van der Waals surface area contributed by atoms with Crippen molar-refractivity contribution in [1.82, 2.24) is 9.80 Å². The predicted octanol–water partition coefficient (Wildman–Crippen LogP) is 2.06. The quantitative estimate of drug-likeness (QED) is 0.786. The first-order chi connectivity index (χ1) is 12.0. The maximum Gasteiger partial charge on any atom is 0.248 e. The van der Waals surface area contributed by atoms with Gasteiger partial charge in [-0.05, 0) is 31.9 Å². The molecule has 0 N–H and O–H groups in total. The van der Waals surface area contributed by atoms with Crippen LogP contribution in [-0.4, -0.2) is 68.3 Å². The Labute approximate surface area is 150 Å². The van der Waals surface area contributed by atoms with Crippen LogP contribution in [0.15, 0.2) is 16.5 Å². The van der Waals surface area contributed by atoms with Crippen molar-refractivity contribution in [3.8, 4) is 0 Å². The summed E-state index contributed by atoms with van der Waals surface area (Å²) in [7, 11) is 3.50. The largest absolute Gasteiger partial charge is 0.465 e. The number of hydrogen-bond acceptors (Lipinski definition) is 5. The van der Waals surface area contributed by atoms with Gasteiger partial charge in [-0.1, -0.05) is 6.42 Å². The highest BCUT2D eigenvalue weighted by Gasteiger charge is 2.47. The van der Waals surface area contributed by atoms with E-state index in [0.717, 1.165) is 57.0 Å². The summed E-state index contributed by atoms with van der Waals surface area (Å²) in [5.41, 5.74) is -0.138. The van der Waals surface area contributed by atoms with Gasteiger partial charge in [0.25, 0.3) is 0 Å². The van der Waals surface area contributed by atoms with E-state index in [1.807, 2.05) is 13.0 Å². The van der Waals surface area contributed by atoms with Crippen LogP contribution in [0.2, 0.25) is 0 Å². The van der Waals surface area contributed by atoms with Crippen LogP contribution >= 0.6 is 0 Å². The van der Waals surface area contributed by atoms with Crippen LogP contribution in [0, 0.1) is 12.8 Å². The highest BCUT2D eigenvalue weighted by atomic mass is 16.5. The molecule has 2 aliphatic rings. The first-order valence-electron chi connectivity index (χ1n) is 9.18. The van der Waals surface area contributed by atoms with Crippen LogP contribution < -0.4 is 0 Å². The molecule has 1 aromatic rings. The van der Waals surface area contributed by atoms with Crippen LogP contribution in [0.4, 0.5) is 0 Å². The fourth-order valence-corrected chi connectivity index (χ4v) is 3.97. The molecule has 1 aliphatic heterocycles. The van der Waals surface area contributed by atoms with Gasteiger partial charge in [-0.3, -0.25) is 9.69 Å². The minimum absolute atomic E-state index is 0.00595. The number of hydrogen-bond donors (Lipinski definition) is 0. The average molecular weight is 350 g/mol. The van der Waals surface area contributed by atoms with E-state index in [4.69, 9.17) is 13.9 Å². The molecule has 1 saturated carbocycles. The molecule has 2 heterocycles. The Morgan fingerprint density at radius 1 is 1.44 bits per heavy atom. The number of amides is 1. The van der Waals surface area contributed by atoms with Crippen LogP contribution in [0.25, 0.3) is 0 Å². The van der Waals surface area contributed by atoms with Gasteiger partial charge >= 0.3 is 0 Å². The SMILES string of the molecule is Cc1ccc(CN2CCO[C@@]3(CCC[C@H]3COCC(=O)N(C)C)C2)o1. The molecule has 25 heavy (non-hydrogen) atoms. The Bertz CT molecular complexity index is 586. The number of furan rings is 1. The smallest absolute Gasteiger partial charge is 0.248 e. The first-order valence-corrected chi connectivity index (χ1v) is 9.18. The van der Waals surface area contributed by atoms with Crippen LogP contribution in [0.1, 0.15) is 30.8 Å². The maximum absolute atomic E-state index is 11.7. The number of morpholine rings is 1. The molecule has 6 nitrogen and oxygen atoms in total. The van der Waals surface area contributed by atoms with Gasteiger partial charge in [-0.2, -0.15) is 0 Å². The van der Waals surface area contributed by atoms with Gasteiger partial charge in [0, 0.05) is 33.1 Å². The topological polar surface area (TPSA) is 55.2 Å². The van der Waals surface area contributed by atoms with E-state index in [9.17, 15) is 4.79 Å². The second-order valence-electron chi connectivity index (χ2n) is 7.53. The molecule has 1 aliphatic carbocycles. The number of aryl methyl sites for hydroxylation is 1. The highest BCUT2D eigenvalue weighted by molar-refractivity contribution is 5.76. The standard InChI is InChI=1S/C19H30N2O4/c1-15-6-7-17(25-15)11-21-9-10-24-19(14-21)8-4-5-16(19)12-23-13-18(22)20(2)3/h6-7,16H,4-5,8-14H2,1-3H3/t16-,19-/m0/s1. The van der Waals surface area contributed by atoms with E-state index in [1.54, 1.807) is 19.0 Å². The molecule has 6 heteroatoms. The Balaban J connectivity index is 1.56. The molecular weight excluding hydrogens is 320 g/mol. The molecule has 0 unspecified atom stereocenters. The van der Waals surface area contributed by atoms with Crippen LogP contribution in [0.3, 0.4) is 0 Å². The summed E-state index contributed by atoms with van der Waals surface area (Å²) < 4.78 is 17.7. The van der Waals surface area contributed by atoms with Crippen molar-refractivity contribution in [3.05, 3.63) is 23.7 Å². The summed E-state index contributed by atoms with van der Waals surface area (Å²) >= 11 is 0. The van der Waals surface area contributed by atoms with Gasteiger partial charge in [0.05, 0.1) is 25.4 Å². The Morgan fingerprint density at radius 2 is 2.28 bits per heavy atom. The Morgan fingerprint density at radius 3 is 3.00 bits per heavy atom. The van der Waals surface area contributed by atoms with E-state index in [-0.39, 0.29) is 18.1 Å².